The van der Waals surface area contributed by atoms with E-state index in [1.807, 2.05) is 36.1 Å². The van der Waals surface area contributed by atoms with Crippen LogP contribution in [0.25, 0.3) is 0 Å². The van der Waals surface area contributed by atoms with Gasteiger partial charge in [0.25, 0.3) is 5.91 Å². The number of hydrogen-bond donors (Lipinski definition) is 0. The van der Waals surface area contributed by atoms with Crippen molar-refractivity contribution in [1.29, 1.82) is 0 Å². The minimum atomic E-state index is 0.117. The van der Waals surface area contributed by atoms with Gasteiger partial charge >= 0.3 is 0 Å². The molecular weight excluding hydrogens is 460 g/mol. The van der Waals surface area contributed by atoms with Crippen molar-refractivity contribution >= 4 is 11.7 Å². The number of hydrogen-bond acceptors (Lipinski definition) is 5. The van der Waals surface area contributed by atoms with Crippen molar-refractivity contribution in [3.63, 3.8) is 0 Å². The maximum absolute atomic E-state index is 13.2. The van der Waals surface area contributed by atoms with Crippen molar-refractivity contribution in [3.05, 3.63) is 82.3 Å². The van der Waals surface area contributed by atoms with Gasteiger partial charge in [0.1, 0.15) is 17.4 Å². The number of benzene rings is 2. The minimum Gasteiger partial charge on any atom is -0.497 e. The van der Waals surface area contributed by atoms with Crippen molar-refractivity contribution in [3.8, 4) is 5.75 Å². The molecule has 4 rings (SSSR count). The van der Waals surface area contributed by atoms with Gasteiger partial charge in [0, 0.05) is 49.4 Å². The maximum Gasteiger partial charge on any atom is 0.253 e. The van der Waals surface area contributed by atoms with E-state index in [0.29, 0.717) is 13.1 Å². The molecule has 0 bridgehead atoms. The van der Waals surface area contributed by atoms with E-state index in [4.69, 9.17) is 14.7 Å². The van der Waals surface area contributed by atoms with Crippen LogP contribution in [0.5, 0.6) is 5.75 Å². The minimum absolute atomic E-state index is 0.117. The van der Waals surface area contributed by atoms with Crippen LogP contribution < -0.4 is 9.64 Å². The van der Waals surface area contributed by atoms with Crippen molar-refractivity contribution in [1.82, 2.24) is 14.9 Å². The van der Waals surface area contributed by atoms with E-state index in [-0.39, 0.29) is 5.91 Å². The van der Waals surface area contributed by atoms with E-state index in [2.05, 4.69) is 43.0 Å². The summed E-state index contributed by atoms with van der Waals surface area (Å²) in [6.45, 7) is 9.22. The summed E-state index contributed by atoms with van der Waals surface area (Å²) in [5, 5.41) is 0. The molecule has 0 spiro atoms. The summed E-state index contributed by atoms with van der Waals surface area (Å²) in [6.07, 6.45) is 6.38. The predicted molar refractivity (Wildman–Crippen MR) is 150 cm³/mol. The van der Waals surface area contributed by atoms with E-state index in [9.17, 15) is 4.79 Å². The molecule has 1 amide bonds. The monoisotopic (exact) mass is 500 g/mol. The summed E-state index contributed by atoms with van der Waals surface area (Å²) < 4.78 is 5.32. The number of carbonyl (C=O) groups excluding carboxylic acids is 1. The molecule has 0 atom stereocenters. The number of nitrogens with zero attached hydrogens (tertiary/aromatic N) is 4. The van der Waals surface area contributed by atoms with Crippen molar-refractivity contribution in [2.75, 3.05) is 38.2 Å². The zero-order chi connectivity index (χ0) is 26.2. The highest BCUT2D eigenvalue weighted by Crippen LogP contribution is 2.27. The number of carbonyl (C=O) groups is 1. The van der Waals surface area contributed by atoms with Gasteiger partial charge in [-0.15, -0.1) is 0 Å². The Morgan fingerprint density at radius 2 is 1.57 bits per heavy atom. The number of anilines is 1. The summed E-state index contributed by atoms with van der Waals surface area (Å²) in [5.41, 5.74) is 5.56. The quantitative estimate of drug-likeness (QED) is 0.337. The van der Waals surface area contributed by atoms with Crippen molar-refractivity contribution in [2.45, 2.75) is 59.3 Å². The largest absolute Gasteiger partial charge is 0.497 e. The lowest BCUT2D eigenvalue weighted by molar-refractivity contribution is 0.0746. The first-order chi connectivity index (χ1) is 18.0. The van der Waals surface area contributed by atoms with E-state index < -0.39 is 0 Å². The molecule has 0 radical (unpaired) electrons. The fraction of sp³-hybridized carbons (Fsp3) is 0.452. The van der Waals surface area contributed by atoms with E-state index in [1.165, 1.54) is 36.0 Å². The molecule has 6 nitrogen and oxygen atoms in total. The van der Waals surface area contributed by atoms with Gasteiger partial charge in [0.05, 0.1) is 7.11 Å². The van der Waals surface area contributed by atoms with E-state index >= 15 is 0 Å². The summed E-state index contributed by atoms with van der Waals surface area (Å²) in [4.78, 5) is 27.2. The fourth-order valence-electron chi connectivity index (χ4n) is 5.02. The Bertz CT molecular complexity index is 1170. The highest BCUT2D eigenvalue weighted by atomic mass is 16.5. The SMILES string of the molecule is CCCCCc1ccc(C(=O)N2CCN(c3nc(C)nc(CC)c3Cc3ccc(OC)cc3)CC2)cc1. The smallest absolute Gasteiger partial charge is 0.253 e. The number of aryl methyl sites for hydroxylation is 3. The molecular formula is C31H40N4O2. The summed E-state index contributed by atoms with van der Waals surface area (Å²) >= 11 is 0. The molecule has 37 heavy (non-hydrogen) atoms. The topological polar surface area (TPSA) is 58.6 Å². The Balaban J connectivity index is 1.45. The average molecular weight is 501 g/mol. The molecule has 1 fully saturated rings. The standard InChI is InChI=1S/C31H40N4O2/c1-5-7-8-9-24-10-14-26(15-11-24)31(36)35-20-18-34(19-21-35)30-28(29(6-2)32-23(3)33-30)22-25-12-16-27(37-4)17-13-25/h10-17H,5-9,18-22H2,1-4H3. The van der Waals surface area contributed by atoms with Gasteiger partial charge < -0.3 is 14.5 Å². The molecule has 1 aliphatic heterocycles. The van der Waals surface area contributed by atoms with Crippen molar-refractivity contribution < 1.29 is 9.53 Å². The van der Waals surface area contributed by atoms with Gasteiger partial charge in [-0.3, -0.25) is 4.79 Å². The first-order valence-corrected chi connectivity index (χ1v) is 13.6. The Morgan fingerprint density at radius 1 is 0.892 bits per heavy atom. The zero-order valence-corrected chi connectivity index (χ0v) is 22.8. The zero-order valence-electron chi connectivity index (χ0n) is 22.8. The molecule has 0 N–H and O–H groups in total. The fourth-order valence-corrected chi connectivity index (χ4v) is 5.02. The van der Waals surface area contributed by atoms with Crippen LogP contribution in [0.2, 0.25) is 0 Å². The molecule has 1 saturated heterocycles. The third kappa shape index (κ3) is 6.68. The average Bonchev–Trinajstić information content (AvgIpc) is 2.94. The molecule has 2 aromatic carbocycles. The molecule has 2 heterocycles. The van der Waals surface area contributed by atoms with Gasteiger partial charge in [-0.1, -0.05) is 51.0 Å². The Hall–Kier alpha value is -3.41. The van der Waals surface area contributed by atoms with Gasteiger partial charge in [-0.05, 0) is 61.6 Å². The van der Waals surface area contributed by atoms with Crippen LogP contribution in [-0.4, -0.2) is 54.1 Å². The van der Waals surface area contributed by atoms with Gasteiger partial charge in [-0.2, -0.15) is 0 Å². The highest BCUT2D eigenvalue weighted by Gasteiger charge is 2.26. The number of aromatic nitrogens is 2. The van der Waals surface area contributed by atoms with Gasteiger partial charge in [0.2, 0.25) is 0 Å². The Labute approximate surface area is 221 Å². The first kappa shape index (κ1) is 26.6. The number of piperazine rings is 1. The first-order valence-electron chi connectivity index (χ1n) is 13.6. The van der Waals surface area contributed by atoms with Gasteiger partial charge in [0.15, 0.2) is 0 Å². The third-order valence-corrected chi connectivity index (χ3v) is 7.19. The lowest BCUT2D eigenvalue weighted by Crippen LogP contribution is -2.49. The van der Waals surface area contributed by atoms with Crippen LogP contribution in [0.1, 0.15) is 71.7 Å². The van der Waals surface area contributed by atoms with Crippen LogP contribution in [0, 0.1) is 6.92 Å². The molecule has 196 valence electrons. The predicted octanol–water partition coefficient (Wildman–Crippen LogP) is 5.64. The van der Waals surface area contributed by atoms with Crippen LogP contribution >= 0.6 is 0 Å². The summed E-state index contributed by atoms with van der Waals surface area (Å²) in [6, 6.07) is 16.4. The number of ether oxygens (including phenoxy) is 1. The van der Waals surface area contributed by atoms with Crippen LogP contribution in [-0.2, 0) is 19.3 Å². The number of amides is 1. The Morgan fingerprint density at radius 3 is 2.19 bits per heavy atom. The number of rotatable bonds is 10. The van der Waals surface area contributed by atoms with E-state index in [1.54, 1.807) is 7.11 Å². The normalized spacial score (nSPS) is 13.6. The third-order valence-electron chi connectivity index (χ3n) is 7.19. The van der Waals surface area contributed by atoms with Crippen LogP contribution in [0.15, 0.2) is 48.5 Å². The number of unbranched alkanes of at least 4 members (excludes halogenated alkanes) is 2. The molecule has 6 heteroatoms. The summed E-state index contributed by atoms with van der Waals surface area (Å²) in [7, 11) is 1.68. The summed E-state index contributed by atoms with van der Waals surface area (Å²) in [5.74, 6) is 2.77. The van der Waals surface area contributed by atoms with Crippen LogP contribution in [0.3, 0.4) is 0 Å². The second-order valence-corrected chi connectivity index (χ2v) is 9.83. The molecule has 0 saturated carbocycles. The Kier molecular flexibility index (Phi) is 9.15. The molecule has 0 aliphatic carbocycles. The number of methoxy groups -OCH3 is 1. The lowest BCUT2D eigenvalue weighted by atomic mass is 10.0. The van der Waals surface area contributed by atoms with E-state index in [0.717, 1.165) is 61.0 Å². The maximum atomic E-state index is 13.2. The molecule has 0 unspecified atom stereocenters. The second kappa shape index (κ2) is 12.7. The lowest BCUT2D eigenvalue weighted by Gasteiger charge is -2.36. The molecule has 3 aromatic rings. The highest BCUT2D eigenvalue weighted by molar-refractivity contribution is 5.94. The molecule has 1 aromatic heterocycles. The van der Waals surface area contributed by atoms with Crippen molar-refractivity contribution in [2.24, 2.45) is 0 Å². The second-order valence-electron chi connectivity index (χ2n) is 9.83. The molecule has 1 aliphatic rings. The van der Waals surface area contributed by atoms with Gasteiger partial charge in [-0.25, -0.2) is 9.97 Å². The van der Waals surface area contributed by atoms with Crippen LogP contribution in [0.4, 0.5) is 5.82 Å².